The maximum absolute atomic E-state index is 13.0. The Bertz CT molecular complexity index is 775. The topological polar surface area (TPSA) is 86.8 Å². The lowest BCUT2D eigenvalue weighted by atomic mass is 10.2. The average Bonchev–Trinajstić information content (AvgIpc) is 3.09. The largest absolute Gasteiger partial charge is 0.352 e. The lowest BCUT2D eigenvalue weighted by Crippen LogP contribution is -2.50. The molecule has 1 aliphatic rings. The summed E-state index contributed by atoms with van der Waals surface area (Å²) in [6.45, 7) is 7.96. The van der Waals surface area contributed by atoms with E-state index in [2.05, 4.69) is 5.32 Å². The van der Waals surface area contributed by atoms with E-state index in [0.29, 0.717) is 25.9 Å². The summed E-state index contributed by atoms with van der Waals surface area (Å²) in [4.78, 5) is 26.6. The Morgan fingerprint density at radius 1 is 1.26 bits per heavy atom. The van der Waals surface area contributed by atoms with Gasteiger partial charge in [0.1, 0.15) is 6.04 Å². The number of nitrogens with zero attached hydrogens (tertiary/aromatic N) is 2. The van der Waals surface area contributed by atoms with Crippen LogP contribution in [0.2, 0.25) is 0 Å². The minimum Gasteiger partial charge on any atom is -0.352 e. The number of nitrogens with one attached hydrogen (secondary N) is 1. The first-order valence-corrected chi connectivity index (χ1v) is 10.8. The van der Waals surface area contributed by atoms with Crippen molar-refractivity contribution in [2.45, 2.75) is 57.5 Å². The van der Waals surface area contributed by atoms with Gasteiger partial charge in [-0.1, -0.05) is 17.7 Å². The highest BCUT2D eigenvalue weighted by atomic mass is 32.2. The summed E-state index contributed by atoms with van der Waals surface area (Å²) in [5.41, 5.74) is 0.969. The Labute approximate surface area is 161 Å². The first-order valence-electron chi connectivity index (χ1n) is 9.33. The lowest BCUT2D eigenvalue weighted by molar-refractivity contribution is -0.138. The highest BCUT2D eigenvalue weighted by Gasteiger charge is 2.41. The molecule has 0 saturated carbocycles. The smallest absolute Gasteiger partial charge is 0.243 e. The molecule has 1 aromatic rings. The van der Waals surface area contributed by atoms with Crippen molar-refractivity contribution in [2.75, 3.05) is 19.6 Å². The molecular weight excluding hydrogens is 366 g/mol. The molecular formula is C19H29N3O4S. The molecule has 7 nitrogen and oxygen atoms in total. The molecule has 0 radical (unpaired) electrons. The number of aryl methyl sites for hydroxylation is 1. The molecule has 0 bridgehead atoms. The summed E-state index contributed by atoms with van der Waals surface area (Å²) in [5.74, 6) is -0.560. The number of rotatable bonds is 7. The standard InChI is InChI=1S/C19H29N3O4S/c1-5-21(13-18(23)20-14(2)3)19(24)17-7-6-12-22(17)27(25,26)16-10-8-15(4)9-11-16/h8-11,14,17H,5-7,12-13H2,1-4H3,(H,20,23). The summed E-state index contributed by atoms with van der Waals surface area (Å²) in [5, 5.41) is 2.76. The third-order valence-corrected chi connectivity index (χ3v) is 6.52. The molecule has 1 N–H and O–H groups in total. The van der Waals surface area contributed by atoms with Crippen LogP contribution in [-0.2, 0) is 19.6 Å². The van der Waals surface area contributed by atoms with Crippen molar-refractivity contribution >= 4 is 21.8 Å². The lowest BCUT2D eigenvalue weighted by Gasteiger charge is -2.29. The average molecular weight is 396 g/mol. The van der Waals surface area contributed by atoms with Gasteiger partial charge in [-0.3, -0.25) is 9.59 Å². The zero-order valence-electron chi connectivity index (χ0n) is 16.4. The van der Waals surface area contributed by atoms with E-state index in [1.807, 2.05) is 20.8 Å². The van der Waals surface area contributed by atoms with Crippen LogP contribution in [0.15, 0.2) is 29.2 Å². The van der Waals surface area contributed by atoms with Gasteiger partial charge >= 0.3 is 0 Å². The second kappa shape index (κ2) is 8.84. The third kappa shape index (κ3) is 5.07. The van der Waals surface area contributed by atoms with Crippen LogP contribution < -0.4 is 5.32 Å². The minimum atomic E-state index is -3.75. The van der Waals surface area contributed by atoms with Gasteiger partial charge in [0.15, 0.2) is 0 Å². The van der Waals surface area contributed by atoms with Crippen molar-refractivity contribution in [2.24, 2.45) is 0 Å². The molecule has 0 aliphatic carbocycles. The zero-order valence-corrected chi connectivity index (χ0v) is 17.3. The van der Waals surface area contributed by atoms with Crippen molar-refractivity contribution in [1.29, 1.82) is 0 Å². The van der Waals surface area contributed by atoms with Crippen LogP contribution in [0.1, 0.15) is 39.2 Å². The molecule has 150 valence electrons. The Morgan fingerprint density at radius 2 is 1.89 bits per heavy atom. The molecule has 1 fully saturated rings. The normalized spacial score (nSPS) is 17.9. The van der Waals surface area contributed by atoms with E-state index in [4.69, 9.17) is 0 Å². The van der Waals surface area contributed by atoms with Crippen LogP contribution >= 0.6 is 0 Å². The van der Waals surface area contributed by atoms with Gasteiger partial charge < -0.3 is 10.2 Å². The number of hydrogen-bond acceptors (Lipinski definition) is 4. The molecule has 27 heavy (non-hydrogen) atoms. The summed E-state index contributed by atoms with van der Waals surface area (Å²) in [6.07, 6.45) is 1.09. The van der Waals surface area contributed by atoms with Gasteiger partial charge in [-0.05, 0) is 52.7 Å². The second-order valence-corrected chi connectivity index (χ2v) is 9.05. The fourth-order valence-electron chi connectivity index (χ4n) is 3.22. The predicted molar refractivity (Wildman–Crippen MR) is 104 cm³/mol. The number of likely N-dealkylation sites (N-methyl/N-ethyl adjacent to an activating group) is 1. The van der Waals surface area contributed by atoms with Crippen LogP contribution in [0, 0.1) is 6.92 Å². The maximum Gasteiger partial charge on any atom is 0.243 e. The fraction of sp³-hybridized carbons (Fsp3) is 0.579. The van der Waals surface area contributed by atoms with E-state index in [1.165, 1.54) is 9.21 Å². The minimum absolute atomic E-state index is 0.0174. The van der Waals surface area contributed by atoms with Gasteiger partial charge in [0.05, 0.1) is 11.4 Å². The summed E-state index contributed by atoms with van der Waals surface area (Å²) >= 11 is 0. The Hall–Kier alpha value is -1.93. The van der Waals surface area contributed by atoms with Gasteiger partial charge in [0.2, 0.25) is 21.8 Å². The van der Waals surface area contributed by atoms with Crippen molar-refractivity contribution in [3.8, 4) is 0 Å². The molecule has 1 heterocycles. The van der Waals surface area contributed by atoms with Crippen molar-refractivity contribution in [3.63, 3.8) is 0 Å². The van der Waals surface area contributed by atoms with Crippen molar-refractivity contribution in [3.05, 3.63) is 29.8 Å². The van der Waals surface area contributed by atoms with Gasteiger partial charge in [0, 0.05) is 19.1 Å². The van der Waals surface area contributed by atoms with Crippen LogP contribution in [-0.4, -0.2) is 61.2 Å². The van der Waals surface area contributed by atoms with Gasteiger partial charge in [-0.15, -0.1) is 0 Å². The molecule has 2 amide bonds. The molecule has 1 atom stereocenters. The van der Waals surface area contributed by atoms with Crippen molar-refractivity contribution in [1.82, 2.24) is 14.5 Å². The number of carbonyl (C=O) groups excluding carboxylic acids is 2. The molecule has 0 spiro atoms. The molecule has 1 saturated heterocycles. The first-order chi connectivity index (χ1) is 12.7. The Balaban J connectivity index is 2.19. The monoisotopic (exact) mass is 395 g/mol. The van der Waals surface area contributed by atoms with Gasteiger partial charge in [0.25, 0.3) is 0 Å². The zero-order chi connectivity index (χ0) is 20.2. The van der Waals surface area contributed by atoms with E-state index in [0.717, 1.165) is 5.56 Å². The Morgan fingerprint density at radius 3 is 2.44 bits per heavy atom. The molecule has 2 rings (SSSR count). The Kier molecular flexibility index (Phi) is 7.00. The number of carbonyl (C=O) groups is 2. The number of hydrogen-bond donors (Lipinski definition) is 1. The molecule has 1 aromatic carbocycles. The summed E-state index contributed by atoms with van der Waals surface area (Å²) < 4.78 is 27.3. The highest BCUT2D eigenvalue weighted by molar-refractivity contribution is 7.89. The number of sulfonamides is 1. The van der Waals surface area contributed by atoms with E-state index in [1.54, 1.807) is 31.2 Å². The van der Waals surface area contributed by atoms with Gasteiger partial charge in [-0.25, -0.2) is 8.42 Å². The van der Waals surface area contributed by atoms with Gasteiger partial charge in [-0.2, -0.15) is 4.31 Å². The quantitative estimate of drug-likeness (QED) is 0.758. The SMILES string of the molecule is CCN(CC(=O)NC(C)C)C(=O)C1CCCN1S(=O)(=O)c1ccc(C)cc1. The van der Waals surface area contributed by atoms with E-state index in [9.17, 15) is 18.0 Å². The highest BCUT2D eigenvalue weighted by Crippen LogP contribution is 2.27. The fourth-order valence-corrected chi connectivity index (χ4v) is 4.87. The molecule has 1 unspecified atom stereocenters. The first kappa shape index (κ1) is 21.4. The second-order valence-electron chi connectivity index (χ2n) is 7.16. The summed E-state index contributed by atoms with van der Waals surface area (Å²) in [7, 11) is -3.75. The van der Waals surface area contributed by atoms with Crippen LogP contribution in [0.5, 0.6) is 0 Å². The van der Waals surface area contributed by atoms with E-state index in [-0.39, 0.29) is 29.3 Å². The number of benzene rings is 1. The van der Waals surface area contributed by atoms with Crippen LogP contribution in [0.25, 0.3) is 0 Å². The molecule has 8 heteroatoms. The molecule has 0 aromatic heterocycles. The van der Waals surface area contributed by atoms with Crippen LogP contribution in [0.3, 0.4) is 0 Å². The van der Waals surface area contributed by atoms with Crippen LogP contribution in [0.4, 0.5) is 0 Å². The molecule has 1 aliphatic heterocycles. The number of amides is 2. The third-order valence-electron chi connectivity index (χ3n) is 4.59. The maximum atomic E-state index is 13.0. The predicted octanol–water partition coefficient (Wildman–Crippen LogP) is 1.52. The van der Waals surface area contributed by atoms with E-state index < -0.39 is 16.1 Å². The van der Waals surface area contributed by atoms with E-state index >= 15 is 0 Å². The summed E-state index contributed by atoms with van der Waals surface area (Å²) in [6, 6.07) is 5.85. The van der Waals surface area contributed by atoms with Crippen molar-refractivity contribution < 1.29 is 18.0 Å².